The first-order valence-corrected chi connectivity index (χ1v) is 9.64. The molecule has 0 aromatic heterocycles. The third-order valence-corrected chi connectivity index (χ3v) is 4.44. The highest BCUT2D eigenvalue weighted by molar-refractivity contribution is 5.43. The molecule has 5 heteroatoms. The van der Waals surface area contributed by atoms with Gasteiger partial charge in [-0.25, -0.2) is 0 Å². The van der Waals surface area contributed by atoms with E-state index < -0.39 is 0 Å². The molecular formula is C22H30N2O3. The van der Waals surface area contributed by atoms with Gasteiger partial charge in [0.05, 0.1) is 18.0 Å². The molecule has 0 amide bonds. The average molecular weight is 370 g/mol. The molecule has 0 aliphatic rings. The minimum Gasteiger partial charge on any atom is -0.494 e. The molecule has 2 N–H and O–H groups in total. The number of benzene rings is 2. The molecule has 0 aliphatic carbocycles. The summed E-state index contributed by atoms with van der Waals surface area (Å²) in [6.45, 7) is 2.87. The largest absolute Gasteiger partial charge is 0.494 e. The number of nitrogens with zero attached hydrogens (tertiary/aromatic N) is 2. The molecule has 2 aromatic carbocycles. The lowest BCUT2D eigenvalue weighted by atomic mass is 10.0. The van der Waals surface area contributed by atoms with Crippen LogP contribution in [0.2, 0.25) is 0 Å². The summed E-state index contributed by atoms with van der Waals surface area (Å²) in [4.78, 5) is 0. The van der Waals surface area contributed by atoms with E-state index >= 15 is 0 Å². The van der Waals surface area contributed by atoms with Crippen LogP contribution < -0.4 is 4.74 Å². The van der Waals surface area contributed by atoms with Crippen molar-refractivity contribution in [3.8, 4) is 5.75 Å². The zero-order valence-electron chi connectivity index (χ0n) is 16.1. The maximum absolute atomic E-state index is 9.02. The molecule has 0 saturated heterocycles. The number of unbranched alkanes of at least 4 members (excludes halogenated alkanes) is 3. The van der Waals surface area contributed by atoms with E-state index in [1.165, 1.54) is 5.56 Å². The summed E-state index contributed by atoms with van der Waals surface area (Å²) in [6.07, 6.45) is 5.10. The summed E-state index contributed by atoms with van der Waals surface area (Å²) >= 11 is 0. The van der Waals surface area contributed by atoms with Crippen molar-refractivity contribution < 1.29 is 14.9 Å². The Hall–Kier alpha value is -2.24. The van der Waals surface area contributed by atoms with Crippen LogP contribution in [0.5, 0.6) is 5.75 Å². The molecule has 0 saturated carbocycles. The molecule has 0 bridgehead atoms. The van der Waals surface area contributed by atoms with Crippen LogP contribution in [0.1, 0.15) is 37.7 Å². The predicted octanol–water partition coefficient (Wildman–Crippen LogP) is 5.34. The molecule has 0 spiro atoms. The fraction of sp³-hybridized carbons (Fsp3) is 0.455. The van der Waals surface area contributed by atoms with Crippen LogP contribution in [-0.4, -0.2) is 30.0 Å². The first-order chi connectivity index (χ1) is 13.2. The Balaban J connectivity index is 1.63. The normalized spacial score (nSPS) is 11.4. The van der Waals surface area contributed by atoms with E-state index in [-0.39, 0.29) is 19.1 Å². The molecule has 0 radical (unpaired) electrons. The maximum atomic E-state index is 9.02. The highest BCUT2D eigenvalue weighted by Gasteiger charge is 2.04. The quantitative estimate of drug-likeness (QED) is 0.391. The molecule has 0 heterocycles. The molecule has 0 unspecified atom stereocenters. The number of azo groups is 1. The lowest BCUT2D eigenvalue weighted by Gasteiger charge is -2.10. The molecular weight excluding hydrogens is 340 g/mol. The minimum atomic E-state index is 0.0305. The van der Waals surface area contributed by atoms with E-state index in [0.717, 1.165) is 49.2 Å². The van der Waals surface area contributed by atoms with E-state index in [9.17, 15) is 0 Å². The average Bonchev–Trinajstić information content (AvgIpc) is 2.70. The SMILES string of the molecule is Cc1ccc(N=Nc2ccc(OCCCCCCC(CO)CO)cc2)cc1. The Morgan fingerprint density at radius 2 is 1.33 bits per heavy atom. The molecule has 5 nitrogen and oxygen atoms in total. The third-order valence-electron chi connectivity index (χ3n) is 4.44. The Labute approximate surface area is 161 Å². The van der Waals surface area contributed by atoms with Gasteiger partial charge in [-0.1, -0.05) is 37.0 Å². The monoisotopic (exact) mass is 370 g/mol. The van der Waals surface area contributed by atoms with Gasteiger partial charge in [0.1, 0.15) is 5.75 Å². The van der Waals surface area contributed by atoms with Crippen molar-refractivity contribution in [2.24, 2.45) is 16.1 Å². The second kappa shape index (κ2) is 12.2. The van der Waals surface area contributed by atoms with Gasteiger partial charge in [0.15, 0.2) is 0 Å². The summed E-state index contributed by atoms with van der Waals surface area (Å²) in [5.74, 6) is 0.868. The fourth-order valence-electron chi connectivity index (χ4n) is 2.65. The van der Waals surface area contributed by atoms with Gasteiger partial charge in [-0.05, 0) is 56.2 Å². The van der Waals surface area contributed by atoms with Gasteiger partial charge in [-0.15, -0.1) is 0 Å². The summed E-state index contributed by atoms with van der Waals surface area (Å²) in [6, 6.07) is 15.6. The van der Waals surface area contributed by atoms with E-state index in [4.69, 9.17) is 14.9 Å². The Kier molecular flexibility index (Phi) is 9.52. The van der Waals surface area contributed by atoms with Gasteiger partial charge >= 0.3 is 0 Å². The highest BCUT2D eigenvalue weighted by Crippen LogP contribution is 2.21. The number of aliphatic hydroxyl groups excluding tert-OH is 2. The molecule has 27 heavy (non-hydrogen) atoms. The number of aliphatic hydroxyl groups is 2. The molecule has 0 fully saturated rings. The van der Waals surface area contributed by atoms with Crippen LogP contribution in [0, 0.1) is 12.8 Å². The second-order valence-electron chi connectivity index (χ2n) is 6.81. The molecule has 146 valence electrons. The van der Waals surface area contributed by atoms with Crippen LogP contribution in [0.4, 0.5) is 11.4 Å². The first kappa shape index (κ1) is 21.1. The van der Waals surface area contributed by atoms with Gasteiger partial charge in [-0.3, -0.25) is 0 Å². The van der Waals surface area contributed by atoms with Crippen molar-refractivity contribution in [3.05, 3.63) is 54.1 Å². The van der Waals surface area contributed by atoms with Crippen molar-refractivity contribution >= 4 is 11.4 Å². The van der Waals surface area contributed by atoms with E-state index in [2.05, 4.69) is 10.2 Å². The zero-order chi connectivity index (χ0) is 19.3. The number of rotatable bonds is 12. The van der Waals surface area contributed by atoms with Gasteiger partial charge in [0.2, 0.25) is 0 Å². The molecule has 0 aliphatic heterocycles. The number of hydrogen-bond acceptors (Lipinski definition) is 5. The highest BCUT2D eigenvalue weighted by atomic mass is 16.5. The van der Waals surface area contributed by atoms with E-state index in [1.807, 2.05) is 55.5 Å². The van der Waals surface area contributed by atoms with E-state index in [1.54, 1.807) is 0 Å². The summed E-state index contributed by atoms with van der Waals surface area (Å²) in [7, 11) is 0. The lowest BCUT2D eigenvalue weighted by molar-refractivity contribution is 0.141. The maximum Gasteiger partial charge on any atom is 0.119 e. The molecule has 0 atom stereocenters. The van der Waals surface area contributed by atoms with Crippen molar-refractivity contribution in [2.75, 3.05) is 19.8 Å². The minimum absolute atomic E-state index is 0.0305. The van der Waals surface area contributed by atoms with E-state index in [0.29, 0.717) is 6.61 Å². The van der Waals surface area contributed by atoms with Crippen LogP contribution in [0.15, 0.2) is 58.8 Å². The van der Waals surface area contributed by atoms with Crippen LogP contribution in [-0.2, 0) is 0 Å². The van der Waals surface area contributed by atoms with Gasteiger partial charge in [0.25, 0.3) is 0 Å². The number of hydrogen-bond donors (Lipinski definition) is 2. The Morgan fingerprint density at radius 1 is 0.778 bits per heavy atom. The summed E-state index contributed by atoms with van der Waals surface area (Å²) in [5, 5.41) is 26.5. The standard InChI is InChI=1S/C22H30N2O3/c1-18-7-9-20(10-8-18)23-24-21-11-13-22(14-12-21)27-15-5-3-2-4-6-19(16-25)17-26/h7-14,19,25-26H,2-6,15-17H2,1H3. The zero-order valence-corrected chi connectivity index (χ0v) is 16.1. The van der Waals surface area contributed by atoms with Gasteiger partial charge < -0.3 is 14.9 Å². The first-order valence-electron chi connectivity index (χ1n) is 9.64. The lowest BCUT2D eigenvalue weighted by Crippen LogP contribution is -2.10. The van der Waals surface area contributed by atoms with Gasteiger partial charge in [0, 0.05) is 19.1 Å². The molecule has 2 rings (SSSR count). The van der Waals surface area contributed by atoms with Crippen LogP contribution >= 0.6 is 0 Å². The number of ether oxygens (including phenoxy) is 1. The van der Waals surface area contributed by atoms with Crippen molar-refractivity contribution in [1.82, 2.24) is 0 Å². The Bertz CT molecular complexity index is 665. The Morgan fingerprint density at radius 3 is 1.93 bits per heavy atom. The van der Waals surface area contributed by atoms with Crippen molar-refractivity contribution in [2.45, 2.75) is 39.0 Å². The topological polar surface area (TPSA) is 74.4 Å². The smallest absolute Gasteiger partial charge is 0.119 e. The van der Waals surface area contributed by atoms with Crippen LogP contribution in [0.3, 0.4) is 0 Å². The van der Waals surface area contributed by atoms with Crippen LogP contribution in [0.25, 0.3) is 0 Å². The van der Waals surface area contributed by atoms with Crippen molar-refractivity contribution in [1.29, 1.82) is 0 Å². The van der Waals surface area contributed by atoms with Gasteiger partial charge in [-0.2, -0.15) is 10.2 Å². The summed E-state index contributed by atoms with van der Waals surface area (Å²) in [5.41, 5.74) is 2.84. The molecule has 2 aromatic rings. The second-order valence-corrected chi connectivity index (χ2v) is 6.81. The van der Waals surface area contributed by atoms with Crippen molar-refractivity contribution in [3.63, 3.8) is 0 Å². The predicted molar refractivity (Wildman–Crippen MR) is 108 cm³/mol. The third kappa shape index (κ3) is 8.33. The fourth-order valence-corrected chi connectivity index (χ4v) is 2.65. The summed E-state index contributed by atoms with van der Waals surface area (Å²) < 4.78 is 5.75. The number of aryl methyl sites for hydroxylation is 1.